The van der Waals surface area contributed by atoms with Crippen LogP contribution in [0.1, 0.15) is 31.4 Å². The van der Waals surface area contributed by atoms with Gasteiger partial charge in [-0.2, -0.15) is 0 Å². The average Bonchev–Trinajstić information content (AvgIpc) is 3.31. The van der Waals surface area contributed by atoms with Gasteiger partial charge in [-0.25, -0.2) is 8.42 Å². The monoisotopic (exact) mass is 508 g/mol. The molecule has 36 heavy (non-hydrogen) atoms. The normalized spacial score (nSPS) is 22.5. The number of H-pyrrole nitrogens is 1. The highest BCUT2D eigenvalue weighted by molar-refractivity contribution is 7.93. The molecule has 3 amide bonds. The van der Waals surface area contributed by atoms with Crippen molar-refractivity contribution in [1.82, 2.24) is 20.5 Å². The van der Waals surface area contributed by atoms with Gasteiger partial charge in [-0.05, 0) is 31.0 Å². The fourth-order valence-corrected chi connectivity index (χ4v) is 7.28. The van der Waals surface area contributed by atoms with Crippen LogP contribution in [0.15, 0.2) is 60.8 Å². The number of benzene rings is 2. The predicted octanol–water partition coefficient (Wildman–Crippen LogP) is 1.65. The number of aromatic nitrogens is 1. The minimum Gasteiger partial charge on any atom is -0.361 e. The Kier molecular flexibility index (Phi) is 5.86. The van der Waals surface area contributed by atoms with Crippen molar-refractivity contribution in [2.75, 3.05) is 0 Å². The van der Waals surface area contributed by atoms with Gasteiger partial charge in [0.15, 0.2) is 9.84 Å². The summed E-state index contributed by atoms with van der Waals surface area (Å²) in [4.78, 5) is 43.4. The highest BCUT2D eigenvalue weighted by Gasteiger charge is 2.67. The Morgan fingerprint density at radius 1 is 1.11 bits per heavy atom. The van der Waals surface area contributed by atoms with Crippen molar-refractivity contribution in [1.29, 1.82) is 0 Å². The standard InChI is InChI=1S/C26H28N4O5S/c1-26(2)23(30-21(31)13-22(30)36(26,34)35)25(33)29-20(24(32)28-14-16-8-4-3-5-9-16)12-17-15-27-19-11-7-6-10-18(17)19/h3-11,15,20,22-23,27H,12-14H2,1-2H3,(H,28,32)(H,29,33)/t20-,22-,23+/m1/s1. The third-order valence-corrected chi connectivity index (χ3v) is 10.1. The summed E-state index contributed by atoms with van der Waals surface area (Å²) in [6, 6.07) is 14.8. The summed E-state index contributed by atoms with van der Waals surface area (Å²) < 4.78 is 24.4. The van der Waals surface area contributed by atoms with Crippen LogP contribution in [0.2, 0.25) is 0 Å². The van der Waals surface area contributed by atoms with E-state index in [0.29, 0.717) is 0 Å². The number of rotatable bonds is 7. The molecule has 0 unspecified atom stereocenters. The van der Waals surface area contributed by atoms with E-state index < -0.39 is 43.9 Å². The number of β-lactam (4-membered cyclic amide) rings is 1. The van der Waals surface area contributed by atoms with E-state index in [1.165, 1.54) is 13.8 Å². The Hall–Kier alpha value is -3.66. The van der Waals surface area contributed by atoms with E-state index in [2.05, 4.69) is 15.6 Å². The van der Waals surface area contributed by atoms with Gasteiger partial charge in [-0.3, -0.25) is 14.4 Å². The number of amides is 3. The number of carbonyl (C=O) groups excluding carboxylic acids is 3. The van der Waals surface area contributed by atoms with Gasteiger partial charge in [0.2, 0.25) is 17.7 Å². The Morgan fingerprint density at radius 2 is 1.81 bits per heavy atom. The van der Waals surface area contributed by atoms with Gasteiger partial charge in [0, 0.05) is 30.1 Å². The molecular formula is C26H28N4O5S. The lowest BCUT2D eigenvalue weighted by atomic mass is 9.96. The first kappa shape index (κ1) is 24.1. The molecule has 1 aromatic heterocycles. The first-order valence-electron chi connectivity index (χ1n) is 11.8. The van der Waals surface area contributed by atoms with Crippen LogP contribution in [0.25, 0.3) is 10.9 Å². The molecule has 2 aromatic carbocycles. The van der Waals surface area contributed by atoms with Crippen LogP contribution < -0.4 is 10.6 Å². The molecule has 9 nitrogen and oxygen atoms in total. The molecular weight excluding hydrogens is 480 g/mol. The van der Waals surface area contributed by atoms with Crippen LogP contribution in [-0.2, 0) is 37.2 Å². The maximum atomic E-state index is 13.5. The van der Waals surface area contributed by atoms with Gasteiger partial charge in [-0.1, -0.05) is 48.5 Å². The molecule has 0 saturated carbocycles. The molecule has 10 heteroatoms. The van der Waals surface area contributed by atoms with Crippen LogP contribution >= 0.6 is 0 Å². The van der Waals surface area contributed by atoms with E-state index in [9.17, 15) is 22.8 Å². The molecule has 2 fully saturated rings. The summed E-state index contributed by atoms with van der Waals surface area (Å²) in [7, 11) is -3.74. The lowest BCUT2D eigenvalue weighted by Gasteiger charge is -2.37. The van der Waals surface area contributed by atoms with E-state index in [-0.39, 0.29) is 25.3 Å². The second-order valence-corrected chi connectivity index (χ2v) is 12.5. The molecule has 0 aliphatic carbocycles. The summed E-state index contributed by atoms with van der Waals surface area (Å²) in [5.41, 5.74) is 2.64. The zero-order valence-corrected chi connectivity index (χ0v) is 20.8. The average molecular weight is 509 g/mol. The first-order chi connectivity index (χ1) is 17.1. The summed E-state index contributed by atoms with van der Waals surface area (Å²) in [5, 5.41) is 5.58. The predicted molar refractivity (Wildman–Crippen MR) is 134 cm³/mol. The molecule has 3 N–H and O–H groups in total. The maximum Gasteiger partial charge on any atom is 0.245 e. The molecule has 2 aliphatic heterocycles. The van der Waals surface area contributed by atoms with Crippen molar-refractivity contribution in [3.8, 4) is 0 Å². The fraction of sp³-hybridized carbons (Fsp3) is 0.346. The van der Waals surface area contributed by atoms with Gasteiger partial charge in [0.25, 0.3) is 0 Å². The highest BCUT2D eigenvalue weighted by Crippen LogP contribution is 2.45. The van der Waals surface area contributed by atoms with Gasteiger partial charge in [0.1, 0.15) is 17.5 Å². The second-order valence-electron chi connectivity index (χ2n) is 9.84. The van der Waals surface area contributed by atoms with Gasteiger partial charge in [-0.15, -0.1) is 0 Å². The highest BCUT2D eigenvalue weighted by atomic mass is 32.2. The molecule has 188 valence electrons. The molecule has 0 radical (unpaired) electrons. The molecule has 2 aliphatic rings. The third kappa shape index (κ3) is 3.85. The first-order valence-corrected chi connectivity index (χ1v) is 13.4. The fourth-order valence-electron chi connectivity index (χ4n) is 5.14. The lowest BCUT2D eigenvalue weighted by Crippen LogP contribution is -2.61. The third-order valence-electron chi connectivity index (χ3n) is 7.27. The van der Waals surface area contributed by atoms with Crippen LogP contribution in [-0.4, -0.2) is 58.2 Å². The summed E-state index contributed by atoms with van der Waals surface area (Å²) in [6.07, 6.45) is 1.87. The van der Waals surface area contributed by atoms with Gasteiger partial charge >= 0.3 is 0 Å². The number of fused-ring (bicyclic) bond motifs is 2. The molecule has 2 saturated heterocycles. The maximum absolute atomic E-state index is 13.5. The van der Waals surface area contributed by atoms with E-state index in [1.807, 2.05) is 54.6 Å². The Bertz CT molecular complexity index is 1450. The SMILES string of the molecule is CC1(C)[C@H](C(=O)N[C@H](Cc2c[nH]c3ccccc23)C(=O)NCc2ccccc2)N2C(=O)C[C@H]2S1(=O)=O. The minimum atomic E-state index is -3.74. The van der Waals surface area contributed by atoms with Gasteiger partial charge < -0.3 is 20.5 Å². The van der Waals surface area contributed by atoms with Crippen LogP contribution in [0.3, 0.4) is 0 Å². The number of aromatic amines is 1. The Balaban J connectivity index is 1.41. The van der Waals surface area contributed by atoms with Crippen molar-refractivity contribution in [3.63, 3.8) is 0 Å². The van der Waals surface area contributed by atoms with E-state index in [0.717, 1.165) is 26.9 Å². The quantitative estimate of drug-likeness (QED) is 0.418. The zero-order chi connectivity index (χ0) is 25.7. The molecule has 0 bridgehead atoms. The Labute approximate surface area is 209 Å². The van der Waals surface area contributed by atoms with Crippen LogP contribution in [0, 0.1) is 0 Å². The van der Waals surface area contributed by atoms with Crippen LogP contribution in [0.4, 0.5) is 0 Å². The minimum absolute atomic E-state index is 0.119. The van der Waals surface area contributed by atoms with Gasteiger partial charge in [0.05, 0.1) is 11.2 Å². The summed E-state index contributed by atoms with van der Waals surface area (Å²) >= 11 is 0. The summed E-state index contributed by atoms with van der Waals surface area (Å²) in [5.74, 6) is -1.43. The number of nitrogens with zero attached hydrogens (tertiary/aromatic N) is 1. The number of nitrogens with one attached hydrogen (secondary N) is 3. The lowest BCUT2D eigenvalue weighted by molar-refractivity contribution is -0.150. The van der Waals surface area contributed by atoms with E-state index in [1.54, 1.807) is 6.20 Å². The van der Waals surface area contributed by atoms with E-state index >= 15 is 0 Å². The smallest absolute Gasteiger partial charge is 0.245 e. The second kappa shape index (κ2) is 8.77. The van der Waals surface area contributed by atoms with Crippen molar-refractivity contribution in [2.24, 2.45) is 0 Å². The molecule has 3 atom stereocenters. The van der Waals surface area contributed by atoms with Crippen molar-refractivity contribution in [3.05, 3.63) is 71.9 Å². The number of carbonyl (C=O) groups is 3. The van der Waals surface area contributed by atoms with Crippen molar-refractivity contribution >= 4 is 38.5 Å². The summed E-state index contributed by atoms with van der Waals surface area (Å²) in [6.45, 7) is 3.20. The van der Waals surface area contributed by atoms with Crippen molar-refractivity contribution < 1.29 is 22.8 Å². The van der Waals surface area contributed by atoms with Crippen LogP contribution in [0.5, 0.6) is 0 Å². The zero-order valence-electron chi connectivity index (χ0n) is 20.0. The topological polar surface area (TPSA) is 128 Å². The largest absolute Gasteiger partial charge is 0.361 e. The molecule has 3 heterocycles. The Morgan fingerprint density at radius 3 is 2.53 bits per heavy atom. The number of para-hydroxylation sites is 1. The van der Waals surface area contributed by atoms with E-state index in [4.69, 9.17) is 0 Å². The van der Waals surface area contributed by atoms with Crippen molar-refractivity contribution in [2.45, 2.75) is 55.4 Å². The number of hydrogen-bond acceptors (Lipinski definition) is 5. The molecule has 5 rings (SSSR count). The molecule has 0 spiro atoms. The number of sulfone groups is 1. The molecule has 3 aromatic rings. The number of hydrogen-bond donors (Lipinski definition) is 3.